The third kappa shape index (κ3) is 2.71. The zero-order chi connectivity index (χ0) is 14.7. The van der Waals surface area contributed by atoms with Crippen LogP contribution in [0.3, 0.4) is 0 Å². The molecule has 106 valence electrons. The van der Waals surface area contributed by atoms with Crippen molar-refractivity contribution in [1.29, 1.82) is 0 Å². The van der Waals surface area contributed by atoms with Crippen LogP contribution < -0.4 is 0 Å². The van der Waals surface area contributed by atoms with Gasteiger partial charge in [-0.15, -0.1) is 0 Å². The van der Waals surface area contributed by atoms with E-state index in [-0.39, 0.29) is 11.6 Å². The second kappa shape index (κ2) is 5.86. The first kappa shape index (κ1) is 14.2. The number of ketones is 1. The van der Waals surface area contributed by atoms with Gasteiger partial charge in [0.15, 0.2) is 5.78 Å². The number of imidazole rings is 1. The van der Waals surface area contributed by atoms with Crippen LogP contribution in [0, 0.1) is 6.92 Å². The van der Waals surface area contributed by atoms with Gasteiger partial charge in [0.1, 0.15) is 0 Å². The number of nitrogens with one attached hydrogen (secondary N) is 1. The number of Topliss-reactive ketones (excluding diaryl/α,β-unsaturated/α-hetero) is 1. The zero-order valence-corrected chi connectivity index (χ0v) is 11.9. The average molecular weight is 274 g/mol. The Bertz CT molecular complexity index is 658. The molecule has 20 heavy (non-hydrogen) atoms. The Hall–Kier alpha value is -2.17. The van der Waals surface area contributed by atoms with Gasteiger partial charge in [0.25, 0.3) is 0 Å². The van der Waals surface area contributed by atoms with Crippen LogP contribution >= 0.6 is 0 Å². The molecular weight excluding hydrogens is 256 g/mol. The molecule has 1 N–H and O–H groups in total. The maximum absolute atomic E-state index is 12.0. The fourth-order valence-corrected chi connectivity index (χ4v) is 2.12. The largest absolute Gasteiger partial charge is 0.460 e. The van der Waals surface area contributed by atoms with E-state index >= 15 is 0 Å². The fourth-order valence-electron chi connectivity index (χ4n) is 2.12. The monoisotopic (exact) mass is 274 g/mol. The van der Waals surface area contributed by atoms with Gasteiger partial charge in [-0.1, -0.05) is 6.92 Å². The molecule has 1 aromatic carbocycles. The number of hydrogen-bond donors (Lipinski definition) is 1. The molecule has 0 spiro atoms. The van der Waals surface area contributed by atoms with E-state index in [1.54, 1.807) is 13.0 Å². The molecule has 0 aliphatic rings. The van der Waals surface area contributed by atoms with Crippen LogP contribution in [0.15, 0.2) is 12.1 Å². The quantitative estimate of drug-likeness (QED) is 0.672. The lowest BCUT2D eigenvalue weighted by Gasteiger charge is -2.03. The Balaban J connectivity index is 2.43. The molecular formula is C15H18N2O3. The van der Waals surface area contributed by atoms with Crippen LogP contribution in [0.1, 0.15) is 53.2 Å². The summed E-state index contributed by atoms with van der Waals surface area (Å²) in [6, 6.07) is 3.58. The lowest BCUT2D eigenvalue weighted by molar-refractivity contribution is 0.0513. The number of hydrogen-bond acceptors (Lipinski definition) is 4. The van der Waals surface area contributed by atoms with Gasteiger partial charge in [0.2, 0.25) is 5.82 Å². The van der Waals surface area contributed by atoms with Crippen molar-refractivity contribution in [2.75, 3.05) is 6.61 Å². The number of aryl methyl sites for hydroxylation is 1. The number of benzene rings is 1. The first-order chi connectivity index (χ1) is 9.56. The minimum Gasteiger partial charge on any atom is -0.460 e. The predicted molar refractivity (Wildman–Crippen MR) is 76.0 cm³/mol. The summed E-state index contributed by atoms with van der Waals surface area (Å²) in [5.74, 6) is -0.211. The van der Waals surface area contributed by atoms with E-state index in [0.29, 0.717) is 24.1 Å². The van der Waals surface area contributed by atoms with Crippen molar-refractivity contribution in [3.63, 3.8) is 0 Å². The van der Waals surface area contributed by atoms with Crippen molar-refractivity contribution in [3.8, 4) is 0 Å². The smallest absolute Gasteiger partial charge is 0.374 e. The van der Waals surface area contributed by atoms with Crippen LogP contribution in [0.4, 0.5) is 0 Å². The van der Waals surface area contributed by atoms with Crippen LogP contribution in [0.2, 0.25) is 0 Å². The van der Waals surface area contributed by atoms with E-state index in [9.17, 15) is 9.59 Å². The summed E-state index contributed by atoms with van der Waals surface area (Å²) < 4.78 is 4.90. The Kier molecular flexibility index (Phi) is 4.17. The maximum atomic E-state index is 12.0. The fraction of sp³-hybridized carbons (Fsp3) is 0.400. The molecule has 5 heteroatoms. The highest BCUT2D eigenvalue weighted by Crippen LogP contribution is 2.20. The Labute approximate surface area is 117 Å². The van der Waals surface area contributed by atoms with E-state index in [1.165, 1.54) is 0 Å². The molecule has 1 heterocycles. The summed E-state index contributed by atoms with van der Waals surface area (Å²) in [6.45, 7) is 5.90. The molecule has 0 saturated carbocycles. The summed E-state index contributed by atoms with van der Waals surface area (Å²) in [5.41, 5.74) is 2.90. The highest BCUT2D eigenvalue weighted by molar-refractivity contribution is 6.01. The summed E-state index contributed by atoms with van der Waals surface area (Å²) in [6.07, 6.45) is 1.33. The van der Waals surface area contributed by atoms with Gasteiger partial charge in [-0.2, -0.15) is 0 Å². The van der Waals surface area contributed by atoms with Crippen molar-refractivity contribution in [2.45, 2.75) is 33.6 Å². The number of aromatic nitrogens is 2. The topological polar surface area (TPSA) is 72.1 Å². The summed E-state index contributed by atoms with van der Waals surface area (Å²) in [5, 5.41) is 0. The van der Waals surface area contributed by atoms with E-state index in [1.807, 2.05) is 19.9 Å². The number of ether oxygens (including phenoxy) is 1. The molecule has 5 nitrogen and oxygen atoms in total. The Morgan fingerprint density at radius 2 is 2.05 bits per heavy atom. The number of rotatable bonds is 5. The summed E-state index contributed by atoms with van der Waals surface area (Å²) >= 11 is 0. The highest BCUT2D eigenvalue weighted by atomic mass is 16.5. The predicted octanol–water partition coefficient (Wildman–Crippen LogP) is 3.03. The number of carbonyl (C=O) groups excluding carboxylic acids is 2. The van der Waals surface area contributed by atoms with Crippen LogP contribution in [0.25, 0.3) is 11.0 Å². The van der Waals surface area contributed by atoms with Crippen LogP contribution in [0.5, 0.6) is 0 Å². The molecule has 0 aliphatic carbocycles. The lowest BCUT2D eigenvalue weighted by atomic mass is 10.0. The first-order valence-electron chi connectivity index (χ1n) is 6.77. The van der Waals surface area contributed by atoms with Gasteiger partial charge < -0.3 is 9.72 Å². The first-order valence-corrected chi connectivity index (χ1v) is 6.77. The minimum atomic E-state index is -0.484. The van der Waals surface area contributed by atoms with E-state index in [4.69, 9.17) is 4.74 Å². The normalized spacial score (nSPS) is 10.8. The highest BCUT2D eigenvalue weighted by Gasteiger charge is 2.15. The van der Waals surface area contributed by atoms with E-state index in [2.05, 4.69) is 9.97 Å². The van der Waals surface area contributed by atoms with Gasteiger partial charge in [-0.3, -0.25) is 4.79 Å². The Morgan fingerprint density at radius 3 is 2.70 bits per heavy atom. The number of H-pyrrole nitrogens is 1. The second-order valence-electron chi connectivity index (χ2n) is 4.66. The molecule has 0 aliphatic heterocycles. The molecule has 0 radical (unpaired) electrons. The number of aromatic amines is 1. The van der Waals surface area contributed by atoms with Crippen molar-refractivity contribution in [3.05, 3.63) is 29.1 Å². The van der Waals surface area contributed by atoms with Gasteiger partial charge in [-0.25, -0.2) is 9.78 Å². The van der Waals surface area contributed by atoms with Gasteiger partial charge in [0.05, 0.1) is 17.6 Å². The molecule has 2 rings (SSSR count). The van der Waals surface area contributed by atoms with Crippen molar-refractivity contribution < 1.29 is 14.3 Å². The number of carbonyl (C=O) groups is 2. The molecule has 2 aromatic rings. The number of nitrogens with zero attached hydrogens (tertiary/aromatic N) is 1. The van der Waals surface area contributed by atoms with Crippen molar-refractivity contribution in [2.24, 2.45) is 0 Å². The number of fused-ring (bicyclic) bond motifs is 1. The van der Waals surface area contributed by atoms with E-state index < -0.39 is 5.97 Å². The van der Waals surface area contributed by atoms with Gasteiger partial charge in [-0.05, 0) is 38.0 Å². The van der Waals surface area contributed by atoms with Crippen LogP contribution in [-0.2, 0) is 4.74 Å². The van der Waals surface area contributed by atoms with Crippen molar-refractivity contribution in [1.82, 2.24) is 9.97 Å². The number of esters is 1. The SMILES string of the molecule is CCCC(=O)c1cc2nc(C(=O)OCC)[nH]c2cc1C. The average Bonchev–Trinajstić information content (AvgIpc) is 2.81. The molecule has 0 unspecified atom stereocenters. The van der Waals surface area contributed by atoms with Crippen molar-refractivity contribution >= 4 is 22.8 Å². The summed E-state index contributed by atoms with van der Waals surface area (Å²) in [4.78, 5) is 30.8. The van der Waals surface area contributed by atoms with E-state index in [0.717, 1.165) is 17.5 Å². The third-order valence-corrected chi connectivity index (χ3v) is 3.07. The molecule has 0 bridgehead atoms. The Morgan fingerprint density at radius 1 is 1.30 bits per heavy atom. The standard InChI is InChI=1S/C15H18N2O3/c1-4-6-13(18)10-8-12-11(7-9(10)3)16-14(17-12)15(19)20-5-2/h7-8H,4-6H2,1-3H3,(H,16,17). The molecule has 0 fully saturated rings. The van der Waals surface area contributed by atoms with Crippen LogP contribution in [-0.4, -0.2) is 28.3 Å². The van der Waals surface area contributed by atoms with Gasteiger partial charge >= 0.3 is 5.97 Å². The summed E-state index contributed by atoms with van der Waals surface area (Å²) in [7, 11) is 0. The lowest BCUT2D eigenvalue weighted by Crippen LogP contribution is -2.06. The second-order valence-corrected chi connectivity index (χ2v) is 4.66. The third-order valence-electron chi connectivity index (χ3n) is 3.07. The van der Waals surface area contributed by atoms with Gasteiger partial charge in [0, 0.05) is 12.0 Å². The molecule has 0 saturated heterocycles. The molecule has 1 aromatic heterocycles. The minimum absolute atomic E-state index is 0.104. The molecule has 0 amide bonds. The molecule has 0 atom stereocenters. The zero-order valence-electron chi connectivity index (χ0n) is 11.9. The maximum Gasteiger partial charge on any atom is 0.374 e.